The highest BCUT2D eigenvalue weighted by Crippen LogP contribution is 2.78. The fourth-order valence-corrected chi connectivity index (χ4v) is 12.0. The maximum absolute atomic E-state index is 15.0. The molecule has 9 rings (SSSR count). The van der Waals surface area contributed by atoms with Gasteiger partial charge in [-0.3, -0.25) is 9.79 Å². The van der Waals surface area contributed by atoms with E-state index >= 15 is 4.39 Å². The number of β-amino-alcohol motifs (C(OH)–C–C–N with tert-alkyl or cyclic N) is 1. The fourth-order valence-electron chi connectivity index (χ4n) is 11.8. The standard InChI is InChI=1S/C37H47ClFN3O3/c1-33-11-8-24(43)21-35(33)14-15-37(26(22-35)29(44)20-25-27(38)6-3-7-28(25)39)30(33)9-12-34(2)31(37)10-13-36(34,45)23-42-19-5-18-41-17-4-16-40-32(41)42/h3,6-7,14-15,22,24,30-31,43,45H,4-5,8-13,16-21,23H2,1-2H3/t24?,30-,31-,33-,34+,35+,36-,37-/m1/s1. The van der Waals surface area contributed by atoms with Crippen molar-refractivity contribution < 1.29 is 19.4 Å². The van der Waals surface area contributed by atoms with Crippen molar-refractivity contribution in [3.63, 3.8) is 0 Å². The van der Waals surface area contributed by atoms with Crippen molar-refractivity contribution in [2.24, 2.45) is 38.5 Å². The summed E-state index contributed by atoms with van der Waals surface area (Å²) in [5.74, 6) is 0.776. The monoisotopic (exact) mass is 635 g/mol. The average Bonchev–Trinajstić information content (AvgIpc) is 3.29. The van der Waals surface area contributed by atoms with Gasteiger partial charge in [-0.15, -0.1) is 0 Å². The number of carbonyl (C=O) groups is 1. The molecule has 0 aromatic heterocycles. The van der Waals surface area contributed by atoms with E-state index < -0.39 is 33.8 Å². The summed E-state index contributed by atoms with van der Waals surface area (Å²) >= 11 is 6.46. The van der Waals surface area contributed by atoms with Crippen LogP contribution in [0.3, 0.4) is 0 Å². The molecule has 2 heterocycles. The summed E-state index contributed by atoms with van der Waals surface area (Å²) in [5.41, 5.74) is -1.40. The lowest BCUT2D eigenvalue weighted by Crippen LogP contribution is -2.68. The number of carbonyl (C=O) groups excluding carboxylic acids is 1. The lowest BCUT2D eigenvalue weighted by atomic mass is 9.32. The van der Waals surface area contributed by atoms with E-state index in [4.69, 9.17) is 16.6 Å². The Morgan fingerprint density at radius 1 is 1.04 bits per heavy atom. The van der Waals surface area contributed by atoms with Crippen molar-refractivity contribution in [1.29, 1.82) is 0 Å². The second-order valence-corrected chi connectivity index (χ2v) is 16.3. The van der Waals surface area contributed by atoms with Gasteiger partial charge in [-0.1, -0.05) is 49.7 Å². The van der Waals surface area contributed by atoms with Crippen LogP contribution < -0.4 is 0 Å². The minimum absolute atomic E-state index is 0.0625. The van der Waals surface area contributed by atoms with E-state index in [1.807, 2.05) is 0 Å². The first-order chi connectivity index (χ1) is 21.5. The number of hydrogen-bond acceptors (Lipinski definition) is 6. The zero-order valence-electron chi connectivity index (χ0n) is 26.7. The van der Waals surface area contributed by atoms with Crippen molar-refractivity contribution >= 4 is 23.3 Å². The maximum Gasteiger partial charge on any atom is 0.196 e. The number of aliphatic hydroxyl groups is 2. The number of nitrogens with zero attached hydrogens (tertiary/aromatic N) is 3. The lowest BCUT2D eigenvalue weighted by molar-refractivity contribution is -0.177. The van der Waals surface area contributed by atoms with E-state index in [-0.39, 0.29) is 40.0 Å². The average molecular weight is 636 g/mol. The van der Waals surface area contributed by atoms with E-state index in [0.29, 0.717) is 19.4 Å². The Kier molecular flexibility index (Phi) is 6.79. The van der Waals surface area contributed by atoms with Crippen molar-refractivity contribution in [3.8, 4) is 0 Å². The van der Waals surface area contributed by atoms with Crippen molar-refractivity contribution in [3.05, 3.63) is 58.4 Å². The van der Waals surface area contributed by atoms with Crippen LogP contribution in [0.25, 0.3) is 0 Å². The second kappa shape index (κ2) is 10.1. The van der Waals surface area contributed by atoms with Gasteiger partial charge in [0.1, 0.15) is 5.82 Å². The number of benzene rings is 1. The number of aliphatic imine (C=N–C) groups is 1. The molecule has 2 N–H and O–H groups in total. The Morgan fingerprint density at radius 3 is 2.62 bits per heavy atom. The molecule has 1 saturated heterocycles. The summed E-state index contributed by atoms with van der Waals surface area (Å²) in [6, 6.07) is 4.60. The van der Waals surface area contributed by atoms with Crippen molar-refractivity contribution in [2.75, 3.05) is 32.7 Å². The van der Waals surface area contributed by atoms with E-state index in [1.54, 1.807) is 12.1 Å². The van der Waals surface area contributed by atoms with Crippen LogP contribution in [-0.4, -0.2) is 76.2 Å². The Labute approximate surface area is 271 Å². The highest BCUT2D eigenvalue weighted by molar-refractivity contribution is 6.31. The van der Waals surface area contributed by atoms with Crippen LogP contribution in [-0.2, 0) is 11.2 Å². The molecule has 2 spiro atoms. The van der Waals surface area contributed by atoms with Crippen molar-refractivity contribution in [2.45, 2.75) is 89.8 Å². The summed E-state index contributed by atoms with van der Waals surface area (Å²) in [7, 11) is 0. The minimum Gasteiger partial charge on any atom is -0.393 e. The summed E-state index contributed by atoms with van der Waals surface area (Å²) in [5, 5.41) is 24.0. The third-order valence-corrected chi connectivity index (χ3v) is 14.5. The number of fused-ring (bicyclic) bond motifs is 2. The number of Topliss-reactive ketones (excluding diaryl/α,β-unsaturated/α-hetero) is 1. The van der Waals surface area contributed by atoms with Crippen LogP contribution in [0.5, 0.6) is 0 Å². The molecule has 8 aliphatic rings. The number of rotatable bonds is 5. The second-order valence-electron chi connectivity index (χ2n) is 15.9. The molecule has 1 unspecified atom stereocenters. The van der Waals surface area contributed by atoms with Gasteiger partial charge in [0.05, 0.1) is 18.2 Å². The van der Waals surface area contributed by atoms with Gasteiger partial charge < -0.3 is 20.0 Å². The Hall–Kier alpha value is -2.22. The first-order valence-corrected chi connectivity index (χ1v) is 17.7. The SMILES string of the molecule is C[C@]12CC[C@H]3[C@]4(C=C[C@@]5(C=C4C(=O)Cc4c(F)cccc4Cl)CC(O)CC[C@]35C)[C@@H]1CC[C@@]2(O)CN1CCCN2CCCN=C21. The van der Waals surface area contributed by atoms with Gasteiger partial charge in [-0.25, -0.2) is 4.39 Å². The molecular weight excluding hydrogens is 589 g/mol. The fraction of sp³-hybridized carbons (Fsp3) is 0.676. The largest absolute Gasteiger partial charge is 0.393 e. The number of allylic oxidation sites excluding steroid dienone is 4. The first-order valence-electron chi connectivity index (χ1n) is 17.3. The normalized spacial score (nSPS) is 43.2. The highest BCUT2D eigenvalue weighted by atomic mass is 35.5. The predicted molar refractivity (Wildman–Crippen MR) is 173 cm³/mol. The molecular formula is C37H47ClFN3O3. The molecule has 1 aromatic carbocycles. The van der Waals surface area contributed by atoms with Gasteiger partial charge in [-0.05, 0) is 87.2 Å². The third kappa shape index (κ3) is 3.99. The molecule has 4 fully saturated rings. The third-order valence-electron chi connectivity index (χ3n) is 14.1. The van der Waals surface area contributed by atoms with Crippen molar-refractivity contribution in [1.82, 2.24) is 9.80 Å². The quantitative estimate of drug-likeness (QED) is 0.391. The zero-order chi connectivity index (χ0) is 31.4. The minimum atomic E-state index is -0.924. The molecule has 2 bridgehead atoms. The van der Waals surface area contributed by atoms with E-state index in [9.17, 15) is 15.0 Å². The van der Waals surface area contributed by atoms with Crippen LogP contribution in [0.1, 0.15) is 77.2 Å². The molecule has 6 aliphatic carbocycles. The van der Waals surface area contributed by atoms with Gasteiger partial charge >= 0.3 is 0 Å². The first kappa shape index (κ1) is 30.1. The lowest BCUT2D eigenvalue weighted by Gasteiger charge is -2.71. The van der Waals surface area contributed by atoms with Gasteiger partial charge in [0.15, 0.2) is 11.7 Å². The van der Waals surface area contributed by atoms with E-state index in [0.717, 1.165) is 82.7 Å². The van der Waals surface area contributed by atoms with Gasteiger partial charge in [-0.2, -0.15) is 0 Å². The van der Waals surface area contributed by atoms with Gasteiger partial charge in [0, 0.05) is 65.0 Å². The molecule has 0 amide bonds. The van der Waals surface area contributed by atoms with Crippen LogP contribution in [0.2, 0.25) is 5.02 Å². The number of aliphatic hydroxyl groups excluding tert-OH is 1. The van der Waals surface area contributed by atoms with Crippen LogP contribution in [0, 0.1) is 39.3 Å². The number of ketones is 1. The highest BCUT2D eigenvalue weighted by Gasteiger charge is 2.74. The topological polar surface area (TPSA) is 76.4 Å². The predicted octanol–water partition coefficient (Wildman–Crippen LogP) is 5.95. The molecule has 3 saturated carbocycles. The number of halogens is 2. The molecule has 8 atom stereocenters. The summed E-state index contributed by atoms with van der Waals surface area (Å²) in [6.45, 7) is 9.04. The summed E-state index contributed by atoms with van der Waals surface area (Å²) in [6.07, 6.45) is 14.1. The van der Waals surface area contributed by atoms with Crippen LogP contribution >= 0.6 is 11.6 Å². The molecule has 6 nitrogen and oxygen atoms in total. The molecule has 0 radical (unpaired) electrons. The van der Waals surface area contributed by atoms with E-state index in [2.05, 4.69) is 41.9 Å². The smallest absolute Gasteiger partial charge is 0.196 e. The van der Waals surface area contributed by atoms with Gasteiger partial charge in [0.2, 0.25) is 0 Å². The molecule has 242 valence electrons. The molecule has 45 heavy (non-hydrogen) atoms. The van der Waals surface area contributed by atoms with Gasteiger partial charge in [0.25, 0.3) is 0 Å². The summed E-state index contributed by atoms with van der Waals surface area (Å²) < 4.78 is 15.0. The molecule has 2 aliphatic heterocycles. The number of hydrogen-bond donors (Lipinski definition) is 2. The van der Waals surface area contributed by atoms with E-state index in [1.165, 1.54) is 6.07 Å². The Bertz CT molecular complexity index is 1510. The summed E-state index contributed by atoms with van der Waals surface area (Å²) in [4.78, 5) is 24.3. The zero-order valence-corrected chi connectivity index (χ0v) is 27.5. The molecule has 1 aromatic rings. The van der Waals surface area contributed by atoms with Crippen LogP contribution in [0.15, 0.2) is 47.0 Å². The Balaban J connectivity index is 1.21. The van der Waals surface area contributed by atoms with Crippen LogP contribution in [0.4, 0.5) is 4.39 Å². The number of guanidine groups is 1. The maximum atomic E-state index is 15.0. The Morgan fingerprint density at radius 2 is 1.80 bits per heavy atom. The molecule has 8 heteroatoms.